The summed E-state index contributed by atoms with van der Waals surface area (Å²) in [5, 5.41) is 16.9. The summed E-state index contributed by atoms with van der Waals surface area (Å²) < 4.78 is 5.13. The zero-order valence-corrected chi connectivity index (χ0v) is 19.7. The number of amides is 3. The molecule has 0 bridgehead atoms. The van der Waals surface area contributed by atoms with Gasteiger partial charge in [0.2, 0.25) is 0 Å². The lowest BCUT2D eigenvalue weighted by Gasteiger charge is -2.13. The molecule has 37 heavy (non-hydrogen) atoms. The van der Waals surface area contributed by atoms with Gasteiger partial charge in [-0.25, -0.2) is 9.59 Å². The number of alkyl carbamates (subject to hydrolysis) is 1. The lowest BCUT2D eigenvalue weighted by molar-refractivity contribution is 0.102. The molecular formula is C28H24N4O5. The number of hydrogen-bond donors (Lipinski definition) is 4. The van der Waals surface area contributed by atoms with Gasteiger partial charge in [-0.1, -0.05) is 54.6 Å². The van der Waals surface area contributed by atoms with Crippen molar-refractivity contribution in [3.8, 4) is 11.1 Å². The molecule has 0 fully saturated rings. The SMILES string of the molecule is O=C(O)Nc1ccc(-c2ccccc2)cc1NC(=O)c1ccc(CNC(=O)OCc2ccccn2)cc1. The van der Waals surface area contributed by atoms with E-state index >= 15 is 0 Å². The largest absolute Gasteiger partial charge is 0.465 e. The third-order valence-corrected chi connectivity index (χ3v) is 5.35. The first-order valence-electron chi connectivity index (χ1n) is 11.4. The predicted octanol–water partition coefficient (Wildman–Crippen LogP) is 5.52. The van der Waals surface area contributed by atoms with Crippen LogP contribution in [0.5, 0.6) is 0 Å². The van der Waals surface area contributed by atoms with Crippen LogP contribution in [0.4, 0.5) is 21.0 Å². The maximum Gasteiger partial charge on any atom is 0.409 e. The molecule has 0 saturated carbocycles. The molecule has 9 heteroatoms. The first kappa shape index (κ1) is 24.9. The number of carbonyl (C=O) groups excluding carboxylic acids is 2. The Morgan fingerprint density at radius 3 is 2.24 bits per heavy atom. The highest BCUT2D eigenvalue weighted by Crippen LogP contribution is 2.29. The van der Waals surface area contributed by atoms with Crippen LogP contribution in [-0.4, -0.2) is 28.2 Å². The van der Waals surface area contributed by atoms with Crippen LogP contribution in [0.15, 0.2) is 97.2 Å². The summed E-state index contributed by atoms with van der Waals surface area (Å²) in [5.41, 5.74) is 4.11. The fraction of sp³-hybridized carbons (Fsp3) is 0.0714. The highest BCUT2D eigenvalue weighted by atomic mass is 16.5. The molecule has 0 aliphatic heterocycles. The maximum absolute atomic E-state index is 12.9. The Labute approximate surface area is 213 Å². The molecule has 3 amide bonds. The van der Waals surface area contributed by atoms with E-state index in [0.717, 1.165) is 16.7 Å². The number of rotatable bonds is 8. The lowest BCUT2D eigenvalue weighted by atomic mass is 10.0. The van der Waals surface area contributed by atoms with E-state index in [1.54, 1.807) is 60.8 Å². The van der Waals surface area contributed by atoms with Gasteiger partial charge in [0.25, 0.3) is 5.91 Å². The van der Waals surface area contributed by atoms with Gasteiger partial charge in [0.05, 0.1) is 17.1 Å². The van der Waals surface area contributed by atoms with Gasteiger partial charge in [-0.05, 0) is 53.1 Å². The Kier molecular flexibility index (Phi) is 8.07. The van der Waals surface area contributed by atoms with Gasteiger partial charge in [-0.3, -0.25) is 15.1 Å². The molecule has 4 aromatic rings. The van der Waals surface area contributed by atoms with Crippen LogP contribution >= 0.6 is 0 Å². The Hall–Kier alpha value is -5.18. The average Bonchev–Trinajstić information content (AvgIpc) is 2.92. The number of aromatic nitrogens is 1. The second-order valence-electron chi connectivity index (χ2n) is 7.96. The molecule has 0 aliphatic carbocycles. The Bertz CT molecular complexity index is 1380. The third kappa shape index (κ3) is 7.15. The van der Waals surface area contributed by atoms with Crippen molar-refractivity contribution >= 4 is 29.5 Å². The van der Waals surface area contributed by atoms with Crippen LogP contribution in [0.1, 0.15) is 21.6 Å². The van der Waals surface area contributed by atoms with Crippen molar-refractivity contribution in [1.82, 2.24) is 10.3 Å². The summed E-state index contributed by atoms with van der Waals surface area (Å²) in [6.07, 6.45) is -0.194. The minimum absolute atomic E-state index is 0.0655. The van der Waals surface area contributed by atoms with Crippen LogP contribution in [-0.2, 0) is 17.9 Å². The van der Waals surface area contributed by atoms with Gasteiger partial charge in [-0.15, -0.1) is 0 Å². The highest BCUT2D eigenvalue weighted by molar-refractivity contribution is 6.07. The van der Waals surface area contributed by atoms with E-state index in [0.29, 0.717) is 16.9 Å². The number of carbonyl (C=O) groups is 3. The van der Waals surface area contributed by atoms with E-state index < -0.39 is 18.1 Å². The van der Waals surface area contributed by atoms with E-state index in [4.69, 9.17) is 4.74 Å². The zero-order valence-electron chi connectivity index (χ0n) is 19.7. The molecule has 186 valence electrons. The number of benzene rings is 3. The van der Waals surface area contributed by atoms with Crippen LogP contribution in [0, 0.1) is 0 Å². The molecule has 0 saturated heterocycles. The number of pyridine rings is 1. The number of anilines is 2. The molecule has 0 atom stereocenters. The molecule has 0 spiro atoms. The summed E-state index contributed by atoms with van der Waals surface area (Å²) in [7, 11) is 0. The lowest BCUT2D eigenvalue weighted by Crippen LogP contribution is -2.23. The van der Waals surface area contributed by atoms with E-state index in [1.807, 2.05) is 36.4 Å². The number of nitrogens with zero attached hydrogens (tertiary/aromatic N) is 1. The van der Waals surface area contributed by atoms with Crippen LogP contribution in [0.2, 0.25) is 0 Å². The molecule has 9 nitrogen and oxygen atoms in total. The Balaban J connectivity index is 1.38. The van der Waals surface area contributed by atoms with E-state index in [-0.39, 0.29) is 18.8 Å². The summed E-state index contributed by atoms with van der Waals surface area (Å²) in [6, 6.07) is 26.7. The van der Waals surface area contributed by atoms with Crippen molar-refractivity contribution in [1.29, 1.82) is 0 Å². The average molecular weight is 497 g/mol. The van der Waals surface area contributed by atoms with Gasteiger partial charge >= 0.3 is 12.2 Å². The molecule has 0 unspecified atom stereocenters. The van der Waals surface area contributed by atoms with Crippen LogP contribution in [0.3, 0.4) is 0 Å². The van der Waals surface area contributed by atoms with Crippen molar-refractivity contribution in [3.05, 3.63) is 114 Å². The van der Waals surface area contributed by atoms with Crippen molar-refractivity contribution in [2.75, 3.05) is 10.6 Å². The summed E-state index contributed by atoms with van der Waals surface area (Å²) in [6.45, 7) is 0.282. The quantitative estimate of drug-likeness (QED) is 0.254. The number of carboxylic acid groups (broad SMARTS) is 1. The molecule has 1 heterocycles. The fourth-order valence-corrected chi connectivity index (χ4v) is 3.50. The normalized spacial score (nSPS) is 10.3. The van der Waals surface area contributed by atoms with Crippen molar-refractivity contribution in [3.63, 3.8) is 0 Å². The molecule has 1 aromatic heterocycles. The molecular weight excluding hydrogens is 472 g/mol. The van der Waals surface area contributed by atoms with Gasteiger partial charge < -0.3 is 20.5 Å². The Morgan fingerprint density at radius 2 is 1.54 bits per heavy atom. The second-order valence-corrected chi connectivity index (χ2v) is 7.96. The molecule has 4 N–H and O–H groups in total. The zero-order chi connectivity index (χ0) is 26.0. The second kappa shape index (κ2) is 12.0. The predicted molar refractivity (Wildman–Crippen MR) is 139 cm³/mol. The minimum atomic E-state index is -1.24. The smallest absolute Gasteiger partial charge is 0.409 e. The first-order valence-corrected chi connectivity index (χ1v) is 11.4. The number of hydrogen-bond acceptors (Lipinski definition) is 5. The van der Waals surface area contributed by atoms with E-state index in [2.05, 4.69) is 20.9 Å². The molecule has 3 aromatic carbocycles. The first-order chi connectivity index (χ1) is 18.0. The summed E-state index contributed by atoms with van der Waals surface area (Å²) >= 11 is 0. The fourth-order valence-electron chi connectivity index (χ4n) is 3.50. The van der Waals surface area contributed by atoms with Gasteiger partial charge in [0.15, 0.2) is 0 Å². The van der Waals surface area contributed by atoms with Gasteiger partial charge in [0.1, 0.15) is 6.61 Å². The molecule has 0 radical (unpaired) electrons. The van der Waals surface area contributed by atoms with Crippen LogP contribution in [0.25, 0.3) is 11.1 Å². The van der Waals surface area contributed by atoms with Crippen molar-refractivity contribution in [2.45, 2.75) is 13.2 Å². The summed E-state index contributed by atoms with van der Waals surface area (Å²) in [4.78, 5) is 40.2. The van der Waals surface area contributed by atoms with Gasteiger partial charge in [-0.2, -0.15) is 0 Å². The highest BCUT2D eigenvalue weighted by Gasteiger charge is 2.13. The summed E-state index contributed by atoms with van der Waals surface area (Å²) in [5.74, 6) is -0.409. The van der Waals surface area contributed by atoms with Crippen molar-refractivity contribution in [2.24, 2.45) is 0 Å². The van der Waals surface area contributed by atoms with Crippen molar-refractivity contribution < 1.29 is 24.2 Å². The topological polar surface area (TPSA) is 130 Å². The monoisotopic (exact) mass is 496 g/mol. The number of ether oxygens (including phenoxy) is 1. The Morgan fingerprint density at radius 1 is 0.784 bits per heavy atom. The van der Waals surface area contributed by atoms with Crippen LogP contribution < -0.4 is 16.0 Å². The number of nitrogens with one attached hydrogen (secondary N) is 3. The van der Waals surface area contributed by atoms with Gasteiger partial charge in [0, 0.05) is 18.3 Å². The maximum atomic E-state index is 12.9. The minimum Gasteiger partial charge on any atom is -0.465 e. The molecule has 0 aliphatic rings. The van der Waals surface area contributed by atoms with E-state index in [1.165, 1.54) is 0 Å². The standard InChI is InChI=1S/C28H24N4O5/c33-26(31-25-16-22(20-6-2-1-3-7-20)13-14-24(25)32-27(34)35)21-11-9-19(10-12-21)17-30-28(36)37-18-23-8-4-5-15-29-23/h1-16,32H,17-18H2,(H,30,36)(H,31,33)(H,34,35). The third-order valence-electron chi connectivity index (χ3n) is 5.35. The molecule has 4 rings (SSSR count). The van der Waals surface area contributed by atoms with E-state index in [9.17, 15) is 19.5 Å².